The molecule has 38 heavy (non-hydrogen) atoms. The Bertz CT molecular complexity index is 1590. The first-order chi connectivity index (χ1) is 17.9. The molecule has 0 aliphatic carbocycles. The Kier molecular flexibility index (Phi) is 7.68. The maximum Gasteiger partial charge on any atom is 0.283 e. The summed E-state index contributed by atoms with van der Waals surface area (Å²) in [6.07, 6.45) is -0.652. The number of aryl methyl sites for hydroxylation is 2. The molecular weight excluding hydrogens is 528 g/mol. The lowest BCUT2D eigenvalue weighted by atomic mass is 10.1. The van der Waals surface area contributed by atoms with Crippen molar-refractivity contribution in [2.75, 3.05) is 13.1 Å². The molecule has 0 amide bonds. The zero-order chi connectivity index (χ0) is 27.7. The van der Waals surface area contributed by atoms with Gasteiger partial charge in [-0.05, 0) is 57.0 Å². The van der Waals surface area contributed by atoms with Gasteiger partial charge in [-0.3, -0.25) is 10.1 Å². The third kappa shape index (κ3) is 5.62. The lowest BCUT2D eigenvalue weighted by Gasteiger charge is -2.44. The largest absolute Gasteiger partial charge is 0.339 e. The summed E-state index contributed by atoms with van der Waals surface area (Å²) in [4.78, 5) is 12.6. The van der Waals surface area contributed by atoms with E-state index in [1.165, 1.54) is 53.7 Å². The summed E-state index contributed by atoms with van der Waals surface area (Å²) in [6, 6.07) is 18.4. The van der Waals surface area contributed by atoms with Crippen LogP contribution in [0, 0.1) is 24.0 Å². The summed E-state index contributed by atoms with van der Waals surface area (Å²) in [5, 5.41) is 11.5. The van der Waals surface area contributed by atoms with Gasteiger partial charge in [0.05, 0.1) is 14.7 Å². The van der Waals surface area contributed by atoms with Crippen LogP contribution in [-0.4, -0.2) is 49.9 Å². The van der Waals surface area contributed by atoms with E-state index in [-0.39, 0.29) is 27.9 Å². The number of benzene rings is 3. The summed E-state index contributed by atoms with van der Waals surface area (Å²) in [5.41, 5.74) is 1.91. The highest BCUT2D eigenvalue weighted by molar-refractivity contribution is 7.90. The van der Waals surface area contributed by atoms with Crippen molar-refractivity contribution in [2.45, 2.75) is 43.1 Å². The number of nitrogens with zero attached hydrogens (tertiary/aromatic N) is 4. The molecule has 1 aliphatic rings. The molecular formula is C26H28N4O6S2. The smallest absolute Gasteiger partial charge is 0.283 e. The van der Waals surface area contributed by atoms with E-state index in [4.69, 9.17) is 0 Å². The lowest BCUT2D eigenvalue weighted by Crippen LogP contribution is -2.51. The number of amidine groups is 1. The quantitative estimate of drug-likeness (QED) is 0.190. The van der Waals surface area contributed by atoms with Gasteiger partial charge in [0.2, 0.25) is 10.0 Å². The minimum absolute atomic E-state index is 0.00971. The SMILES string of the molecule is CC(=NS(=O)(=O)c1ccc(C)cc1)N1CCCN(S(=O)(=O)c2ccc(C)cc2)C1c1cccc([N+](=O)[O-])c1. The van der Waals surface area contributed by atoms with Crippen molar-refractivity contribution in [3.05, 3.63) is 99.6 Å². The molecule has 0 spiro atoms. The first-order valence-electron chi connectivity index (χ1n) is 11.9. The molecule has 0 bridgehead atoms. The van der Waals surface area contributed by atoms with E-state index in [2.05, 4.69) is 4.40 Å². The van der Waals surface area contributed by atoms with Crippen LogP contribution < -0.4 is 0 Å². The van der Waals surface area contributed by atoms with E-state index >= 15 is 0 Å². The average Bonchev–Trinajstić information content (AvgIpc) is 2.88. The van der Waals surface area contributed by atoms with E-state index in [1.54, 1.807) is 35.2 Å². The second kappa shape index (κ2) is 10.6. The number of hydrogen-bond donors (Lipinski definition) is 0. The number of sulfonamides is 2. The van der Waals surface area contributed by atoms with Crippen molar-refractivity contribution in [1.29, 1.82) is 0 Å². The van der Waals surface area contributed by atoms with Gasteiger partial charge >= 0.3 is 0 Å². The van der Waals surface area contributed by atoms with Crippen molar-refractivity contribution < 1.29 is 21.8 Å². The van der Waals surface area contributed by atoms with E-state index in [1.807, 2.05) is 13.8 Å². The predicted octanol–water partition coefficient (Wildman–Crippen LogP) is 4.41. The van der Waals surface area contributed by atoms with Gasteiger partial charge < -0.3 is 4.90 Å². The summed E-state index contributed by atoms with van der Waals surface area (Å²) in [5.74, 6) is 0.0749. The molecule has 12 heteroatoms. The van der Waals surface area contributed by atoms with Crippen LogP contribution in [0.25, 0.3) is 0 Å². The summed E-state index contributed by atoms with van der Waals surface area (Å²) >= 11 is 0. The fraction of sp³-hybridized carbons (Fsp3) is 0.269. The Balaban J connectivity index is 1.84. The Morgan fingerprint density at radius 1 is 0.895 bits per heavy atom. The molecule has 4 rings (SSSR count). The van der Waals surface area contributed by atoms with Gasteiger partial charge in [-0.15, -0.1) is 4.40 Å². The molecule has 1 atom stereocenters. The monoisotopic (exact) mass is 556 g/mol. The fourth-order valence-electron chi connectivity index (χ4n) is 4.37. The molecule has 200 valence electrons. The van der Waals surface area contributed by atoms with Crippen molar-refractivity contribution in [3.63, 3.8) is 0 Å². The second-order valence-electron chi connectivity index (χ2n) is 9.13. The van der Waals surface area contributed by atoms with Crippen molar-refractivity contribution in [3.8, 4) is 0 Å². The van der Waals surface area contributed by atoms with Crippen molar-refractivity contribution >= 4 is 31.6 Å². The number of rotatable bonds is 6. The molecule has 0 aromatic heterocycles. The van der Waals surface area contributed by atoms with Crippen LogP contribution in [0.3, 0.4) is 0 Å². The zero-order valence-corrected chi connectivity index (χ0v) is 22.8. The summed E-state index contributed by atoms with van der Waals surface area (Å²) < 4.78 is 59.1. The van der Waals surface area contributed by atoms with Crippen LogP contribution in [0.15, 0.2) is 87.0 Å². The third-order valence-electron chi connectivity index (χ3n) is 6.34. The van der Waals surface area contributed by atoms with Crippen LogP contribution in [0.2, 0.25) is 0 Å². The van der Waals surface area contributed by atoms with E-state index < -0.39 is 31.1 Å². The lowest BCUT2D eigenvalue weighted by molar-refractivity contribution is -0.385. The molecule has 1 unspecified atom stereocenters. The van der Waals surface area contributed by atoms with Crippen molar-refractivity contribution in [2.24, 2.45) is 4.40 Å². The van der Waals surface area contributed by atoms with E-state index in [9.17, 15) is 26.9 Å². The van der Waals surface area contributed by atoms with Gasteiger partial charge in [-0.2, -0.15) is 12.7 Å². The van der Waals surface area contributed by atoms with E-state index in [0.717, 1.165) is 11.1 Å². The highest BCUT2D eigenvalue weighted by Crippen LogP contribution is 2.36. The molecule has 0 saturated carbocycles. The Morgan fingerprint density at radius 2 is 1.47 bits per heavy atom. The van der Waals surface area contributed by atoms with Gasteiger partial charge in [-0.25, -0.2) is 8.42 Å². The van der Waals surface area contributed by atoms with Crippen LogP contribution in [0.1, 0.15) is 36.2 Å². The highest BCUT2D eigenvalue weighted by Gasteiger charge is 2.40. The number of nitro groups is 1. The van der Waals surface area contributed by atoms with Crippen LogP contribution in [0.4, 0.5) is 5.69 Å². The number of hydrogen-bond acceptors (Lipinski definition) is 6. The molecule has 1 heterocycles. The van der Waals surface area contributed by atoms with Crippen molar-refractivity contribution in [1.82, 2.24) is 9.21 Å². The highest BCUT2D eigenvalue weighted by atomic mass is 32.2. The molecule has 0 N–H and O–H groups in total. The predicted molar refractivity (Wildman–Crippen MR) is 144 cm³/mol. The topological polar surface area (TPSA) is 130 Å². The molecule has 3 aromatic carbocycles. The first kappa shape index (κ1) is 27.4. The molecule has 0 radical (unpaired) electrons. The van der Waals surface area contributed by atoms with Gasteiger partial charge in [0.1, 0.15) is 12.0 Å². The third-order valence-corrected chi connectivity index (χ3v) is 9.58. The van der Waals surface area contributed by atoms with Gasteiger partial charge in [0.15, 0.2) is 0 Å². The molecule has 1 aliphatic heterocycles. The zero-order valence-electron chi connectivity index (χ0n) is 21.2. The van der Waals surface area contributed by atoms with Crippen LogP contribution in [0.5, 0.6) is 0 Å². The van der Waals surface area contributed by atoms with Crippen LogP contribution in [-0.2, 0) is 20.0 Å². The minimum atomic E-state index is -4.09. The van der Waals surface area contributed by atoms with E-state index in [0.29, 0.717) is 18.5 Å². The van der Waals surface area contributed by atoms with Gasteiger partial charge in [0, 0.05) is 25.2 Å². The second-order valence-corrected chi connectivity index (χ2v) is 12.6. The van der Waals surface area contributed by atoms with Gasteiger partial charge in [0.25, 0.3) is 15.7 Å². The standard InChI is InChI=1S/C26H28N4O6S2/c1-19-8-12-24(13-9-19)37(33,34)27-21(3)28-16-5-17-29(38(35,36)25-14-10-20(2)11-15-25)26(28)22-6-4-7-23(18-22)30(31)32/h4,6-15,18,26H,5,16-17H2,1-3H3. The Labute approximate surface area is 222 Å². The summed E-state index contributed by atoms with van der Waals surface area (Å²) in [6.45, 7) is 5.62. The molecule has 10 nitrogen and oxygen atoms in total. The normalized spacial score (nSPS) is 17.4. The average molecular weight is 557 g/mol. The number of nitro benzene ring substituents is 1. The maximum absolute atomic E-state index is 13.8. The van der Waals surface area contributed by atoms with Gasteiger partial charge in [-0.1, -0.05) is 47.5 Å². The molecule has 3 aromatic rings. The maximum atomic E-state index is 13.8. The molecule has 1 saturated heterocycles. The summed E-state index contributed by atoms with van der Waals surface area (Å²) in [7, 11) is -8.15. The molecule has 1 fully saturated rings. The Hall–Kier alpha value is -3.61. The first-order valence-corrected chi connectivity index (χ1v) is 14.8. The minimum Gasteiger partial charge on any atom is -0.339 e. The van der Waals surface area contributed by atoms with Crippen LogP contribution >= 0.6 is 0 Å². The Morgan fingerprint density at radius 3 is 2.05 bits per heavy atom. The number of non-ortho nitro benzene ring substituents is 1. The fourth-order valence-corrected chi connectivity index (χ4v) is 7.02.